The van der Waals surface area contributed by atoms with E-state index in [1.54, 1.807) is 0 Å². The Morgan fingerprint density at radius 2 is 2.00 bits per heavy atom. The van der Waals surface area contributed by atoms with E-state index in [1.165, 1.54) is 0 Å². The van der Waals surface area contributed by atoms with E-state index in [9.17, 15) is 9.90 Å². The van der Waals surface area contributed by atoms with Crippen molar-refractivity contribution in [1.29, 1.82) is 0 Å². The number of nitrogens with one attached hydrogen (secondary N) is 2. The van der Waals surface area contributed by atoms with Crippen LogP contribution in [0.4, 0.5) is 5.95 Å². The van der Waals surface area contributed by atoms with Crippen LogP contribution in [-0.4, -0.2) is 41.3 Å². The minimum atomic E-state index is -0.249. The number of anilines is 1. The molecule has 0 amide bonds. The zero-order valence-corrected chi connectivity index (χ0v) is 10.2. The molecule has 1 aliphatic heterocycles. The smallest absolute Gasteiger partial charge is 0.259 e. The number of aromatic hydroxyl groups is 1. The van der Waals surface area contributed by atoms with Gasteiger partial charge in [-0.05, 0) is 5.92 Å². The summed E-state index contributed by atoms with van der Waals surface area (Å²) < 4.78 is 0. The Bertz CT molecular complexity index is 449. The summed E-state index contributed by atoms with van der Waals surface area (Å²) in [5.74, 6) is 0.263. The number of hydrogen-bond acceptors (Lipinski definition) is 5. The van der Waals surface area contributed by atoms with Crippen LogP contribution in [0, 0.1) is 0 Å². The fraction of sp³-hybridized carbons (Fsp3) is 0.636. The van der Waals surface area contributed by atoms with E-state index in [0.29, 0.717) is 11.5 Å². The lowest BCUT2D eigenvalue weighted by Crippen LogP contribution is -2.44. The minimum Gasteiger partial charge on any atom is -0.493 e. The second-order valence-corrected chi connectivity index (χ2v) is 4.52. The van der Waals surface area contributed by atoms with Crippen molar-refractivity contribution >= 4 is 5.95 Å². The number of rotatable bonds is 2. The zero-order chi connectivity index (χ0) is 12.4. The SMILES string of the molecule is CC(C)c1c(O)nc(N2CCNCC2)[nH]c1=O. The maximum Gasteiger partial charge on any atom is 0.259 e. The summed E-state index contributed by atoms with van der Waals surface area (Å²) in [5, 5.41) is 13.0. The Labute approximate surface area is 99.7 Å². The number of nitrogens with zero attached hydrogens (tertiary/aromatic N) is 2. The quantitative estimate of drug-likeness (QED) is 0.676. The molecule has 1 aliphatic rings. The van der Waals surface area contributed by atoms with Crippen LogP contribution in [0.3, 0.4) is 0 Å². The van der Waals surface area contributed by atoms with Gasteiger partial charge in [-0.25, -0.2) is 0 Å². The summed E-state index contributed by atoms with van der Waals surface area (Å²) in [6, 6.07) is 0. The van der Waals surface area contributed by atoms with Crippen molar-refractivity contribution in [3.05, 3.63) is 15.9 Å². The van der Waals surface area contributed by atoms with E-state index in [2.05, 4.69) is 15.3 Å². The van der Waals surface area contributed by atoms with Crippen molar-refractivity contribution in [2.45, 2.75) is 19.8 Å². The molecular formula is C11H18N4O2. The number of aromatic amines is 1. The molecule has 0 bridgehead atoms. The summed E-state index contributed by atoms with van der Waals surface area (Å²) in [6.45, 7) is 6.99. The van der Waals surface area contributed by atoms with E-state index in [-0.39, 0.29) is 17.4 Å². The van der Waals surface area contributed by atoms with E-state index in [4.69, 9.17) is 0 Å². The van der Waals surface area contributed by atoms with Crippen LogP contribution in [0.2, 0.25) is 0 Å². The van der Waals surface area contributed by atoms with Gasteiger partial charge in [-0.15, -0.1) is 0 Å². The van der Waals surface area contributed by atoms with Crippen molar-refractivity contribution < 1.29 is 5.11 Å². The van der Waals surface area contributed by atoms with Gasteiger partial charge in [0, 0.05) is 26.2 Å². The fourth-order valence-corrected chi connectivity index (χ4v) is 2.01. The molecule has 6 nitrogen and oxygen atoms in total. The molecule has 0 atom stereocenters. The van der Waals surface area contributed by atoms with E-state index < -0.39 is 0 Å². The predicted octanol–water partition coefficient (Wildman–Crippen LogP) is 0.00850. The van der Waals surface area contributed by atoms with Gasteiger partial charge in [0.1, 0.15) is 0 Å². The van der Waals surface area contributed by atoms with E-state index >= 15 is 0 Å². The normalized spacial score (nSPS) is 16.5. The Kier molecular flexibility index (Phi) is 3.33. The van der Waals surface area contributed by atoms with Crippen molar-refractivity contribution in [3.63, 3.8) is 0 Å². The van der Waals surface area contributed by atoms with Gasteiger partial charge in [0.25, 0.3) is 5.56 Å². The Morgan fingerprint density at radius 1 is 1.35 bits per heavy atom. The monoisotopic (exact) mass is 238 g/mol. The molecule has 94 valence electrons. The third kappa shape index (κ3) is 2.41. The van der Waals surface area contributed by atoms with Crippen molar-refractivity contribution in [2.24, 2.45) is 0 Å². The maximum absolute atomic E-state index is 11.8. The molecule has 3 N–H and O–H groups in total. The van der Waals surface area contributed by atoms with E-state index in [1.807, 2.05) is 18.7 Å². The number of H-pyrrole nitrogens is 1. The number of hydrogen-bond donors (Lipinski definition) is 3. The lowest BCUT2D eigenvalue weighted by molar-refractivity contribution is 0.437. The second-order valence-electron chi connectivity index (χ2n) is 4.52. The number of piperazine rings is 1. The average Bonchev–Trinajstić information content (AvgIpc) is 2.28. The molecule has 17 heavy (non-hydrogen) atoms. The highest BCUT2D eigenvalue weighted by atomic mass is 16.3. The van der Waals surface area contributed by atoms with Crippen LogP contribution in [0.15, 0.2) is 4.79 Å². The topological polar surface area (TPSA) is 81.2 Å². The van der Waals surface area contributed by atoms with Crippen molar-refractivity contribution in [3.8, 4) is 5.88 Å². The molecule has 0 radical (unpaired) electrons. The zero-order valence-electron chi connectivity index (χ0n) is 10.2. The summed E-state index contributed by atoms with van der Waals surface area (Å²) in [7, 11) is 0. The Balaban J connectivity index is 2.34. The van der Waals surface area contributed by atoms with E-state index in [0.717, 1.165) is 26.2 Å². The third-order valence-electron chi connectivity index (χ3n) is 2.92. The Morgan fingerprint density at radius 3 is 2.53 bits per heavy atom. The molecule has 0 saturated carbocycles. The van der Waals surface area contributed by atoms with Crippen molar-refractivity contribution in [2.75, 3.05) is 31.1 Å². The van der Waals surface area contributed by atoms with Gasteiger partial charge in [-0.2, -0.15) is 4.98 Å². The molecule has 0 aliphatic carbocycles. The molecule has 1 fully saturated rings. The van der Waals surface area contributed by atoms with Crippen LogP contribution < -0.4 is 15.8 Å². The molecule has 2 rings (SSSR count). The van der Waals surface area contributed by atoms with Crippen LogP contribution in [0.25, 0.3) is 0 Å². The molecule has 0 unspecified atom stereocenters. The predicted molar refractivity (Wildman–Crippen MR) is 65.7 cm³/mol. The van der Waals surface area contributed by atoms with Gasteiger partial charge in [0.15, 0.2) is 0 Å². The number of aromatic nitrogens is 2. The van der Waals surface area contributed by atoms with Crippen LogP contribution in [0.1, 0.15) is 25.3 Å². The largest absolute Gasteiger partial charge is 0.493 e. The summed E-state index contributed by atoms with van der Waals surface area (Å²) >= 11 is 0. The van der Waals surface area contributed by atoms with Gasteiger partial charge in [0.05, 0.1) is 5.56 Å². The lowest BCUT2D eigenvalue weighted by atomic mass is 10.1. The highest BCUT2D eigenvalue weighted by molar-refractivity contribution is 5.37. The molecule has 2 heterocycles. The average molecular weight is 238 g/mol. The van der Waals surface area contributed by atoms with Gasteiger partial charge >= 0.3 is 0 Å². The molecule has 0 aromatic carbocycles. The summed E-state index contributed by atoms with van der Waals surface area (Å²) in [6.07, 6.45) is 0. The highest BCUT2D eigenvalue weighted by Gasteiger charge is 2.18. The van der Waals surface area contributed by atoms with Gasteiger partial charge in [0.2, 0.25) is 11.8 Å². The third-order valence-corrected chi connectivity index (χ3v) is 2.92. The highest BCUT2D eigenvalue weighted by Crippen LogP contribution is 2.20. The molecule has 0 spiro atoms. The van der Waals surface area contributed by atoms with Gasteiger partial charge < -0.3 is 15.3 Å². The first-order valence-electron chi connectivity index (χ1n) is 5.88. The Hall–Kier alpha value is -1.56. The molecule has 1 aromatic rings. The van der Waals surface area contributed by atoms with Gasteiger partial charge in [-0.3, -0.25) is 9.78 Å². The molecule has 6 heteroatoms. The summed E-state index contributed by atoms with van der Waals surface area (Å²) in [5.41, 5.74) is 0.102. The van der Waals surface area contributed by atoms with Crippen molar-refractivity contribution in [1.82, 2.24) is 15.3 Å². The molecule has 1 saturated heterocycles. The van der Waals surface area contributed by atoms with Crippen LogP contribution >= 0.6 is 0 Å². The first-order chi connectivity index (χ1) is 8.09. The first kappa shape index (κ1) is 11.9. The maximum atomic E-state index is 11.8. The first-order valence-corrected chi connectivity index (χ1v) is 5.88. The van der Waals surface area contributed by atoms with Gasteiger partial charge in [-0.1, -0.05) is 13.8 Å². The standard InChI is InChI=1S/C11H18N4O2/c1-7(2)8-9(16)13-11(14-10(8)17)15-5-3-12-4-6-15/h7,12H,3-6H2,1-2H3,(H2,13,14,16,17). The molecule has 1 aromatic heterocycles. The summed E-state index contributed by atoms with van der Waals surface area (Å²) in [4.78, 5) is 20.6. The van der Waals surface area contributed by atoms with Crippen LogP contribution in [0.5, 0.6) is 5.88 Å². The second kappa shape index (κ2) is 4.75. The lowest BCUT2D eigenvalue weighted by Gasteiger charge is -2.27. The molecular weight excluding hydrogens is 220 g/mol. The fourth-order valence-electron chi connectivity index (χ4n) is 2.01. The van der Waals surface area contributed by atoms with Crippen LogP contribution in [-0.2, 0) is 0 Å². The minimum absolute atomic E-state index is 0.0386.